The minimum absolute atomic E-state index is 0.0554. The minimum Gasteiger partial charge on any atom is -0.478 e. The smallest absolute Gasteiger partial charge is 0.335 e. The molecular formula is C14H8F2O4. The fourth-order valence-corrected chi connectivity index (χ4v) is 1.75. The number of rotatable bonds is 3. The zero-order valence-electron chi connectivity index (χ0n) is 9.93. The predicted octanol–water partition coefficient (Wildman–Crippen LogP) is 3.03. The molecule has 0 heterocycles. The molecule has 0 unspecified atom stereocenters. The third kappa shape index (κ3) is 2.64. The number of carboxylic acids is 2. The number of carbonyl (C=O) groups is 2. The third-order valence-corrected chi connectivity index (χ3v) is 2.67. The predicted molar refractivity (Wildman–Crippen MR) is 65.7 cm³/mol. The average molecular weight is 278 g/mol. The fourth-order valence-electron chi connectivity index (χ4n) is 1.75. The van der Waals surface area contributed by atoms with Crippen molar-refractivity contribution >= 4 is 11.9 Å². The lowest BCUT2D eigenvalue weighted by atomic mass is 9.99. The molecule has 2 aromatic rings. The summed E-state index contributed by atoms with van der Waals surface area (Å²) >= 11 is 0. The lowest BCUT2D eigenvalue weighted by Crippen LogP contribution is -2.03. The number of benzene rings is 2. The van der Waals surface area contributed by atoms with Crippen molar-refractivity contribution < 1.29 is 28.6 Å². The second-order valence-electron chi connectivity index (χ2n) is 4.03. The lowest BCUT2D eigenvalue weighted by molar-refractivity contribution is 0.0696. The van der Waals surface area contributed by atoms with Crippen molar-refractivity contribution in [3.8, 4) is 11.1 Å². The average Bonchev–Trinajstić information content (AvgIpc) is 2.38. The number of hydrogen-bond acceptors (Lipinski definition) is 2. The van der Waals surface area contributed by atoms with E-state index >= 15 is 0 Å². The summed E-state index contributed by atoms with van der Waals surface area (Å²) < 4.78 is 26.5. The van der Waals surface area contributed by atoms with Crippen LogP contribution in [0, 0.1) is 11.6 Å². The van der Waals surface area contributed by atoms with E-state index in [-0.39, 0.29) is 22.3 Å². The van der Waals surface area contributed by atoms with Crippen molar-refractivity contribution in [1.82, 2.24) is 0 Å². The van der Waals surface area contributed by atoms with Crippen molar-refractivity contribution in [2.75, 3.05) is 0 Å². The number of hydrogen-bond donors (Lipinski definition) is 2. The first-order valence-corrected chi connectivity index (χ1v) is 5.45. The van der Waals surface area contributed by atoms with E-state index in [4.69, 9.17) is 10.2 Å². The summed E-state index contributed by atoms with van der Waals surface area (Å²) in [7, 11) is 0. The molecule has 0 saturated carbocycles. The third-order valence-electron chi connectivity index (χ3n) is 2.67. The van der Waals surface area contributed by atoms with Crippen LogP contribution in [-0.2, 0) is 0 Å². The first-order chi connectivity index (χ1) is 9.38. The number of carboxylic acid groups (broad SMARTS) is 2. The van der Waals surface area contributed by atoms with E-state index < -0.39 is 23.6 Å². The Morgan fingerprint density at radius 3 is 1.85 bits per heavy atom. The van der Waals surface area contributed by atoms with Gasteiger partial charge in [0.1, 0.15) is 11.6 Å². The van der Waals surface area contributed by atoms with E-state index in [1.54, 1.807) is 0 Å². The molecule has 2 aromatic carbocycles. The summed E-state index contributed by atoms with van der Waals surface area (Å²) in [5, 5.41) is 17.9. The van der Waals surface area contributed by atoms with Gasteiger partial charge in [-0.05, 0) is 35.9 Å². The summed E-state index contributed by atoms with van der Waals surface area (Å²) in [6, 6.07) is 6.00. The molecule has 0 bridgehead atoms. The quantitative estimate of drug-likeness (QED) is 0.905. The van der Waals surface area contributed by atoms with E-state index in [0.717, 1.165) is 30.3 Å². The van der Waals surface area contributed by atoms with Crippen LogP contribution in [0.1, 0.15) is 20.7 Å². The van der Waals surface area contributed by atoms with Gasteiger partial charge in [-0.3, -0.25) is 0 Å². The molecule has 6 heteroatoms. The highest BCUT2D eigenvalue weighted by Gasteiger charge is 2.14. The molecule has 0 aliphatic heterocycles. The number of aromatic carboxylic acids is 2. The van der Waals surface area contributed by atoms with Gasteiger partial charge >= 0.3 is 11.9 Å². The molecule has 0 saturated heterocycles. The van der Waals surface area contributed by atoms with Gasteiger partial charge in [0.2, 0.25) is 0 Å². The Morgan fingerprint density at radius 1 is 0.850 bits per heavy atom. The zero-order valence-corrected chi connectivity index (χ0v) is 9.93. The summed E-state index contributed by atoms with van der Waals surface area (Å²) in [6.07, 6.45) is 0. The molecule has 0 radical (unpaired) electrons. The van der Waals surface area contributed by atoms with Crippen LogP contribution < -0.4 is 0 Å². The molecule has 20 heavy (non-hydrogen) atoms. The van der Waals surface area contributed by atoms with Crippen molar-refractivity contribution in [2.24, 2.45) is 0 Å². The largest absolute Gasteiger partial charge is 0.478 e. The highest BCUT2D eigenvalue weighted by atomic mass is 19.1. The van der Waals surface area contributed by atoms with Gasteiger partial charge in [0.15, 0.2) is 0 Å². The van der Waals surface area contributed by atoms with Gasteiger partial charge in [-0.1, -0.05) is 0 Å². The van der Waals surface area contributed by atoms with E-state index in [0.29, 0.717) is 6.07 Å². The van der Waals surface area contributed by atoms with Crippen molar-refractivity contribution in [1.29, 1.82) is 0 Å². The fraction of sp³-hybridized carbons (Fsp3) is 0. The minimum atomic E-state index is -1.34. The first-order valence-electron chi connectivity index (χ1n) is 5.45. The van der Waals surface area contributed by atoms with Crippen LogP contribution >= 0.6 is 0 Å². The van der Waals surface area contributed by atoms with Gasteiger partial charge in [0.25, 0.3) is 0 Å². The summed E-state index contributed by atoms with van der Waals surface area (Å²) in [6.45, 7) is 0. The molecule has 0 spiro atoms. The second kappa shape index (κ2) is 5.08. The van der Waals surface area contributed by atoms with E-state index in [1.165, 1.54) is 0 Å². The summed E-state index contributed by atoms with van der Waals surface area (Å²) in [5.41, 5.74) is -0.593. The van der Waals surface area contributed by atoms with Gasteiger partial charge in [0, 0.05) is 11.6 Å². The Labute approximate surface area is 111 Å². The van der Waals surface area contributed by atoms with Gasteiger partial charge in [-0.25, -0.2) is 18.4 Å². The Bertz CT molecular complexity index is 678. The standard InChI is InChI=1S/C14H8F2O4/c15-10-1-2-11(12(16)6-10)7-3-8(13(17)18)5-9(4-7)14(19)20/h1-6H,(H,17,18)(H,19,20). The Balaban J connectivity index is 2.66. The zero-order chi connectivity index (χ0) is 14.9. The van der Waals surface area contributed by atoms with E-state index in [9.17, 15) is 18.4 Å². The molecule has 4 nitrogen and oxygen atoms in total. The highest BCUT2D eigenvalue weighted by Crippen LogP contribution is 2.26. The van der Waals surface area contributed by atoms with Crippen LogP contribution in [0.4, 0.5) is 8.78 Å². The van der Waals surface area contributed by atoms with Gasteiger partial charge in [-0.2, -0.15) is 0 Å². The maximum absolute atomic E-state index is 13.7. The van der Waals surface area contributed by atoms with Crippen molar-refractivity contribution in [3.05, 3.63) is 59.2 Å². The Morgan fingerprint density at radius 2 is 1.40 bits per heavy atom. The molecular weight excluding hydrogens is 270 g/mol. The Kier molecular flexibility index (Phi) is 3.47. The molecule has 2 rings (SSSR count). The van der Waals surface area contributed by atoms with Gasteiger partial charge < -0.3 is 10.2 Å². The normalized spacial score (nSPS) is 10.3. The molecule has 2 N–H and O–H groups in total. The second-order valence-corrected chi connectivity index (χ2v) is 4.03. The molecule has 0 fully saturated rings. The van der Waals surface area contributed by atoms with E-state index in [2.05, 4.69) is 0 Å². The molecule has 0 atom stereocenters. The van der Waals surface area contributed by atoms with Crippen LogP contribution in [0.5, 0.6) is 0 Å². The van der Waals surface area contributed by atoms with Crippen LogP contribution in [0.15, 0.2) is 36.4 Å². The van der Waals surface area contributed by atoms with Crippen LogP contribution in [0.3, 0.4) is 0 Å². The highest BCUT2D eigenvalue weighted by molar-refractivity contribution is 5.96. The number of halogens is 2. The van der Waals surface area contributed by atoms with E-state index in [1.807, 2.05) is 0 Å². The monoisotopic (exact) mass is 278 g/mol. The topological polar surface area (TPSA) is 74.6 Å². The molecule has 0 aliphatic carbocycles. The van der Waals surface area contributed by atoms with Crippen LogP contribution in [-0.4, -0.2) is 22.2 Å². The molecule has 0 amide bonds. The van der Waals surface area contributed by atoms with Gasteiger partial charge in [-0.15, -0.1) is 0 Å². The van der Waals surface area contributed by atoms with Gasteiger partial charge in [0.05, 0.1) is 11.1 Å². The van der Waals surface area contributed by atoms with Crippen molar-refractivity contribution in [3.63, 3.8) is 0 Å². The molecule has 102 valence electrons. The SMILES string of the molecule is O=C(O)c1cc(C(=O)O)cc(-c2ccc(F)cc2F)c1. The van der Waals surface area contributed by atoms with Crippen LogP contribution in [0.25, 0.3) is 11.1 Å². The van der Waals surface area contributed by atoms with Crippen molar-refractivity contribution in [2.45, 2.75) is 0 Å². The molecule has 0 aliphatic rings. The maximum Gasteiger partial charge on any atom is 0.335 e. The first kappa shape index (κ1) is 13.7. The molecule has 0 aromatic heterocycles. The van der Waals surface area contributed by atoms with Crippen LogP contribution in [0.2, 0.25) is 0 Å². The lowest BCUT2D eigenvalue weighted by Gasteiger charge is -2.07. The Hall–Kier alpha value is -2.76. The maximum atomic E-state index is 13.7. The summed E-state index contributed by atoms with van der Waals surface area (Å²) in [4.78, 5) is 21.9. The summed E-state index contributed by atoms with van der Waals surface area (Å²) in [5.74, 6) is -4.35.